The fourth-order valence-corrected chi connectivity index (χ4v) is 1.99. The molecule has 0 radical (unpaired) electrons. The second-order valence-electron chi connectivity index (χ2n) is 4.92. The maximum atomic E-state index is 9.89. The second kappa shape index (κ2) is 5.70. The van der Waals surface area contributed by atoms with Crippen molar-refractivity contribution in [1.82, 2.24) is 0 Å². The summed E-state index contributed by atoms with van der Waals surface area (Å²) in [5.41, 5.74) is 3.88. The highest BCUT2D eigenvalue weighted by Crippen LogP contribution is 2.26. The van der Waals surface area contributed by atoms with Crippen LogP contribution in [0.4, 0.5) is 0 Å². The molecule has 0 atom stereocenters. The van der Waals surface area contributed by atoms with Crippen LogP contribution in [0, 0.1) is 13.8 Å². The van der Waals surface area contributed by atoms with E-state index in [1.807, 2.05) is 32.1 Å². The first-order valence-corrected chi connectivity index (χ1v) is 6.45. The van der Waals surface area contributed by atoms with Gasteiger partial charge < -0.3 is 15.3 Å². The molecule has 0 aliphatic heterocycles. The summed E-state index contributed by atoms with van der Waals surface area (Å²) in [5.74, 6) is 0.0291. The molecule has 3 heteroatoms. The number of hydrogen-bond acceptors (Lipinski definition) is 3. The minimum atomic E-state index is -0.138. The summed E-state index contributed by atoms with van der Waals surface area (Å²) in [5, 5.41) is 28.5. The number of aromatic hydroxyl groups is 3. The van der Waals surface area contributed by atoms with Crippen LogP contribution in [0.25, 0.3) is 6.08 Å². The molecule has 0 saturated heterocycles. The predicted octanol–water partition coefficient (Wildman–Crippen LogP) is 3.68. The van der Waals surface area contributed by atoms with Crippen LogP contribution < -0.4 is 0 Å². The Balaban J connectivity index is 2.13. The van der Waals surface area contributed by atoms with E-state index in [2.05, 4.69) is 0 Å². The summed E-state index contributed by atoms with van der Waals surface area (Å²) in [6, 6.07) is 8.40. The Morgan fingerprint density at radius 1 is 0.850 bits per heavy atom. The zero-order valence-corrected chi connectivity index (χ0v) is 11.6. The Bertz CT molecular complexity index is 658. The van der Waals surface area contributed by atoms with E-state index < -0.39 is 0 Å². The van der Waals surface area contributed by atoms with Gasteiger partial charge in [0.2, 0.25) is 0 Å². The van der Waals surface area contributed by atoms with Crippen molar-refractivity contribution in [3.63, 3.8) is 0 Å². The summed E-state index contributed by atoms with van der Waals surface area (Å²) >= 11 is 0. The number of allylic oxidation sites excluding steroid dienone is 1. The van der Waals surface area contributed by atoms with Crippen LogP contribution in [0.1, 0.15) is 22.3 Å². The van der Waals surface area contributed by atoms with Gasteiger partial charge in [0, 0.05) is 0 Å². The lowest BCUT2D eigenvalue weighted by Gasteiger charge is -2.06. The highest BCUT2D eigenvalue weighted by molar-refractivity contribution is 5.55. The van der Waals surface area contributed by atoms with Crippen molar-refractivity contribution in [2.24, 2.45) is 0 Å². The molecule has 2 aromatic rings. The van der Waals surface area contributed by atoms with Crippen molar-refractivity contribution < 1.29 is 15.3 Å². The Kier molecular flexibility index (Phi) is 3.99. The van der Waals surface area contributed by atoms with E-state index in [-0.39, 0.29) is 11.5 Å². The molecule has 3 N–H and O–H groups in total. The summed E-state index contributed by atoms with van der Waals surface area (Å²) in [7, 11) is 0. The molecule has 0 aromatic heterocycles. The lowest BCUT2D eigenvalue weighted by molar-refractivity contribution is 0.403. The molecule has 0 aliphatic carbocycles. The molecule has 0 aliphatic rings. The van der Waals surface area contributed by atoms with Gasteiger partial charge in [-0.3, -0.25) is 0 Å². The van der Waals surface area contributed by atoms with Gasteiger partial charge in [-0.1, -0.05) is 24.3 Å². The predicted molar refractivity (Wildman–Crippen MR) is 80.1 cm³/mol. The zero-order chi connectivity index (χ0) is 14.7. The molecule has 2 aromatic carbocycles. The number of aryl methyl sites for hydroxylation is 2. The van der Waals surface area contributed by atoms with Gasteiger partial charge in [0.25, 0.3) is 0 Å². The van der Waals surface area contributed by atoms with Crippen LogP contribution >= 0.6 is 0 Å². The molecule has 20 heavy (non-hydrogen) atoms. The van der Waals surface area contributed by atoms with Gasteiger partial charge in [0.1, 0.15) is 5.75 Å². The molecular formula is C17H18O3. The molecule has 0 heterocycles. The van der Waals surface area contributed by atoms with Crippen molar-refractivity contribution in [2.75, 3.05) is 0 Å². The summed E-state index contributed by atoms with van der Waals surface area (Å²) in [6.07, 6.45) is 4.36. The number of phenolic OH excluding ortho intramolecular Hbond substituents is 3. The third-order valence-corrected chi connectivity index (χ3v) is 3.34. The van der Waals surface area contributed by atoms with Crippen molar-refractivity contribution in [3.8, 4) is 17.2 Å². The largest absolute Gasteiger partial charge is 0.508 e. The van der Waals surface area contributed by atoms with Gasteiger partial charge >= 0.3 is 0 Å². The van der Waals surface area contributed by atoms with Crippen molar-refractivity contribution >= 4 is 6.08 Å². The van der Waals surface area contributed by atoms with Crippen LogP contribution in [-0.4, -0.2) is 15.3 Å². The number of phenols is 3. The SMILES string of the molecule is Cc1cc(O)c(C/C=C/c2ccc(O)c(O)c2)cc1C. The monoisotopic (exact) mass is 270 g/mol. The highest BCUT2D eigenvalue weighted by atomic mass is 16.3. The molecule has 0 unspecified atom stereocenters. The fraction of sp³-hybridized carbons (Fsp3) is 0.176. The average molecular weight is 270 g/mol. The van der Waals surface area contributed by atoms with Crippen molar-refractivity contribution in [1.29, 1.82) is 0 Å². The van der Waals surface area contributed by atoms with E-state index >= 15 is 0 Å². The van der Waals surface area contributed by atoms with Crippen molar-refractivity contribution in [3.05, 3.63) is 58.7 Å². The standard InChI is InChI=1S/C17H18O3/c1-11-8-14(16(19)9-12(11)2)5-3-4-13-6-7-15(18)17(20)10-13/h3-4,6-10,18-20H,5H2,1-2H3/b4-3+. The van der Waals surface area contributed by atoms with Gasteiger partial charge in [-0.25, -0.2) is 0 Å². The molecule has 104 valence electrons. The number of hydrogen-bond donors (Lipinski definition) is 3. The topological polar surface area (TPSA) is 60.7 Å². The van der Waals surface area contributed by atoms with Crippen LogP contribution in [0.5, 0.6) is 17.2 Å². The first kappa shape index (κ1) is 14.0. The van der Waals surface area contributed by atoms with Gasteiger partial charge in [0.05, 0.1) is 0 Å². The smallest absolute Gasteiger partial charge is 0.157 e. The number of rotatable bonds is 3. The van der Waals surface area contributed by atoms with E-state index in [9.17, 15) is 15.3 Å². The minimum Gasteiger partial charge on any atom is -0.508 e. The average Bonchev–Trinajstić information content (AvgIpc) is 2.39. The normalized spacial score (nSPS) is 11.1. The van der Waals surface area contributed by atoms with E-state index in [0.717, 1.165) is 22.3 Å². The molecule has 0 fully saturated rings. The minimum absolute atomic E-state index is 0.131. The van der Waals surface area contributed by atoms with E-state index in [4.69, 9.17) is 0 Å². The van der Waals surface area contributed by atoms with E-state index in [1.165, 1.54) is 12.1 Å². The first-order valence-electron chi connectivity index (χ1n) is 6.45. The molecule has 0 bridgehead atoms. The van der Waals surface area contributed by atoms with Crippen LogP contribution in [0.15, 0.2) is 36.4 Å². The molecular weight excluding hydrogens is 252 g/mol. The summed E-state index contributed by atoms with van der Waals surface area (Å²) < 4.78 is 0. The summed E-state index contributed by atoms with van der Waals surface area (Å²) in [4.78, 5) is 0. The molecule has 0 amide bonds. The van der Waals surface area contributed by atoms with Gasteiger partial charge in [-0.2, -0.15) is 0 Å². The highest BCUT2D eigenvalue weighted by Gasteiger charge is 2.03. The van der Waals surface area contributed by atoms with Gasteiger partial charge in [-0.15, -0.1) is 0 Å². The van der Waals surface area contributed by atoms with Crippen molar-refractivity contribution in [2.45, 2.75) is 20.3 Å². The van der Waals surface area contributed by atoms with Crippen LogP contribution in [0.3, 0.4) is 0 Å². The summed E-state index contributed by atoms with van der Waals surface area (Å²) in [6.45, 7) is 3.98. The molecule has 0 spiro atoms. The van der Waals surface area contributed by atoms with E-state index in [0.29, 0.717) is 12.2 Å². The third kappa shape index (κ3) is 3.12. The van der Waals surface area contributed by atoms with Crippen LogP contribution in [-0.2, 0) is 6.42 Å². The Morgan fingerprint density at radius 2 is 1.55 bits per heavy atom. The Labute approximate surface area is 118 Å². The second-order valence-corrected chi connectivity index (χ2v) is 4.92. The maximum absolute atomic E-state index is 9.89. The lowest BCUT2D eigenvalue weighted by Crippen LogP contribution is -1.88. The molecule has 0 saturated carbocycles. The zero-order valence-electron chi connectivity index (χ0n) is 11.6. The van der Waals surface area contributed by atoms with Gasteiger partial charge in [0.15, 0.2) is 11.5 Å². The van der Waals surface area contributed by atoms with E-state index in [1.54, 1.807) is 12.1 Å². The fourth-order valence-electron chi connectivity index (χ4n) is 1.99. The first-order chi connectivity index (χ1) is 9.47. The molecule has 3 nitrogen and oxygen atoms in total. The maximum Gasteiger partial charge on any atom is 0.157 e. The van der Waals surface area contributed by atoms with Crippen LogP contribution in [0.2, 0.25) is 0 Å². The number of benzene rings is 2. The Morgan fingerprint density at radius 3 is 2.25 bits per heavy atom. The molecule has 2 rings (SSSR count). The Hall–Kier alpha value is -2.42. The quantitative estimate of drug-likeness (QED) is 0.746. The third-order valence-electron chi connectivity index (χ3n) is 3.34. The lowest BCUT2D eigenvalue weighted by atomic mass is 10.0. The van der Waals surface area contributed by atoms with Gasteiger partial charge in [-0.05, 0) is 60.7 Å².